The van der Waals surface area contributed by atoms with E-state index >= 15 is 0 Å². The first kappa shape index (κ1) is 15.8. The van der Waals surface area contributed by atoms with Crippen LogP contribution in [0, 0.1) is 12.5 Å². The second-order valence-corrected chi connectivity index (χ2v) is 1.73. The quantitative estimate of drug-likeness (QED) is 0.422. The van der Waals surface area contributed by atoms with E-state index < -0.39 is 0 Å². The SMILES string of the molecule is [CH2-]SC.[CH2-]SC.[Zn+2]. The van der Waals surface area contributed by atoms with E-state index in [-0.39, 0.29) is 19.5 Å². The second-order valence-electron chi connectivity index (χ2n) is 0.577. The van der Waals surface area contributed by atoms with Crippen LogP contribution in [0.25, 0.3) is 0 Å². The average Bonchev–Trinajstić information content (AvgIpc) is 1.39. The van der Waals surface area contributed by atoms with Crippen LogP contribution in [0.4, 0.5) is 0 Å². The maximum absolute atomic E-state index is 3.40. The molecule has 0 aliphatic heterocycles. The molecule has 0 amide bonds. The van der Waals surface area contributed by atoms with Crippen LogP contribution < -0.4 is 0 Å². The van der Waals surface area contributed by atoms with E-state index in [4.69, 9.17) is 0 Å². The molecule has 0 atom stereocenters. The first-order valence-corrected chi connectivity index (χ1v) is 4.18. The van der Waals surface area contributed by atoms with E-state index in [2.05, 4.69) is 12.5 Å². The molecule has 0 saturated carbocycles. The van der Waals surface area contributed by atoms with Crippen molar-refractivity contribution in [3.8, 4) is 0 Å². The van der Waals surface area contributed by atoms with Crippen LogP contribution in [0.3, 0.4) is 0 Å². The molecule has 0 radical (unpaired) electrons. The van der Waals surface area contributed by atoms with Crippen LogP contribution in [0.15, 0.2) is 0 Å². The normalized spacial score (nSPS) is 5.14. The topological polar surface area (TPSA) is 0 Å². The minimum Gasteiger partial charge on any atom is -0.357 e. The summed E-state index contributed by atoms with van der Waals surface area (Å²) in [4.78, 5) is 0. The van der Waals surface area contributed by atoms with Gasteiger partial charge in [0.2, 0.25) is 0 Å². The molecule has 0 nitrogen and oxygen atoms in total. The number of rotatable bonds is 0. The van der Waals surface area contributed by atoms with Crippen LogP contribution in [0.2, 0.25) is 0 Å². The van der Waals surface area contributed by atoms with Crippen LogP contribution in [-0.2, 0) is 19.5 Å². The molecule has 0 aromatic rings. The van der Waals surface area contributed by atoms with Gasteiger partial charge in [0.15, 0.2) is 0 Å². The summed E-state index contributed by atoms with van der Waals surface area (Å²) in [5.74, 6) is 0. The Balaban J connectivity index is -0.0000000400. The fraction of sp³-hybridized carbons (Fsp3) is 0.500. The van der Waals surface area contributed by atoms with Gasteiger partial charge in [-0.05, 0) is 12.5 Å². The molecule has 0 aliphatic carbocycles. The summed E-state index contributed by atoms with van der Waals surface area (Å²) < 4.78 is 0. The van der Waals surface area contributed by atoms with Crippen molar-refractivity contribution in [3.63, 3.8) is 0 Å². The van der Waals surface area contributed by atoms with Crippen LogP contribution >= 0.6 is 23.5 Å². The summed E-state index contributed by atoms with van der Waals surface area (Å²) in [5.41, 5.74) is 0. The van der Waals surface area contributed by atoms with Crippen molar-refractivity contribution >= 4 is 23.5 Å². The van der Waals surface area contributed by atoms with Gasteiger partial charge in [0, 0.05) is 0 Å². The predicted octanol–water partition coefficient (Wildman–Crippen LogP) is 2.28. The van der Waals surface area contributed by atoms with E-state index in [1.165, 1.54) is 23.5 Å². The first-order chi connectivity index (χ1) is 2.83. The van der Waals surface area contributed by atoms with Crippen LogP contribution in [0.1, 0.15) is 0 Å². The molecule has 0 spiro atoms. The molecule has 40 valence electrons. The van der Waals surface area contributed by atoms with E-state index in [1.54, 1.807) is 0 Å². The summed E-state index contributed by atoms with van der Waals surface area (Å²) in [5, 5.41) is 0. The van der Waals surface area contributed by atoms with Gasteiger partial charge in [0.05, 0.1) is 0 Å². The van der Waals surface area contributed by atoms with Gasteiger partial charge < -0.3 is 23.5 Å². The molecule has 0 aromatic heterocycles. The molecular weight excluding hydrogens is 178 g/mol. The Kier molecular flexibility index (Phi) is 59.7. The zero-order valence-corrected chi connectivity index (χ0v) is 9.54. The maximum Gasteiger partial charge on any atom is 2.00 e. The minimum absolute atomic E-state index is 0. The standard InChI is InChI=1S/2C2H5S.Zn/c2*1-3-2;/h2*1H2,2H3;/q2*-1;+2. The van der Waals surface area contributed by atoms with Gasteiger partial charge >= 0.3 is 19.5 Å². The number of hydrogen-bond acceptors (Lipinski definition) is 2. The van der Waals surface area contributed by atoms with Crippen molar-refractivity contribution in [2.75, 3.05) is 12.5 Å². The van der Waals surface area contributed by atoms with Crippen LogP contribution in [-0.4, -0.2) is 12.5 Å². The molecule has 0 N–H and O–H groups in total. The zero-order chi connectivity index (χ0) is 5.41. The van der Waals surface area contributed by atoms with Crippen molar-refractivity contribution in [1.82, 2.24) is 0 Å². The largest absolute Gasteiger partial charge is 2.00 e. The fourth-order valence-electron chi connectivity index (χ4n) is 0. The van der Waals surface area contributed by atoms with E-state index in [9.17, 15) is 0 Å². The summed E-state index contributed by atoms with van der Waals surface area (Å²) in [6.45, 7) is 0. The third-order valence-electron chi connectivity index (χ3n) is 0. The molecule has 0 saturated heterocycles. The minimum atomic E-state index is 0. The summed E-state index contributed by atoms with van der Waals surface area (Å²) >= 11 is 3.00. The van der Waals surface area contributed by atoms with Gasteiger partial charge in [-0.3, -0.25) is 12.5 Å². The van der Waals surface area contributed by atoms with E-state index in [0.717, 1.165) is 0 Å². The monoisotopic (exact) mass is 186 g/mol. The van der Waals surface area contributed by atoms with Gasteiger partial charge in [-0.15, -0.1) is 0 Å². The molecule has 0 rings (SSSR count). The molecule has 0 aliphatic rings. The fourth-order valence-corrected chi connectivity index (χ4v) is 0. The molecule has 0 bridgehead atoms. The predicted molar refractivity (Wildman–Crippen MR) is 37.7 cm³/mol. The average molecular weight is 188 g/mol. The Labute approximate surface area is 68.0 Å². The second kappa shape index (κ2) is 26.5. The molecular formula is C4H10S2Zn. The van der Waals surface area contributed by atoms with Gasteiger partial charge in [0.1, 0.15) is 0 Å². The Bertz CT molecular complexity index is 11.7. The summed E-state index contributed by atoms with van der Waals surface area (Å²) in [6.07, 6.45) is 10.7. The molecule has 0 fully saturated rings. The number of thioether (sulfide) groups is 2. The van der Waals surface area contributed by atoms with Crippen molar-refractivity contribution in [3.05, 3.63) is 12.5 Å². The number of hydrogen-bond donors (Lipinski definition) is 0. The molecule has 7 heavy (non-hydrogen) atoms. The third-order valence-corrected chi connectivity index (χ3v) is 0. The van der Waals surface area contributed by atoms with Crippen molar-refractivity contribution in [2.24, 2.45) is 0 Å². The van der Waals surface area contributed by atoms with E-state index in [1.807, 2.05) is 12.5 Å². The van der Waals surface area contributed by atoms with Gasteiger partial charge in [-0.1, -0.05) is 0 Å². The molecule has 0 aromatic carbocycles. The molecule has 3 heteroatoms. The Morgan fingerprint density at radius 3 is 1.00 bits per heavy atom. The van der Waals surface area contributed by atoms with Crippen molar-refractivity contribution in [2.45, 2.75) is 0 Å². The Morgan fingerprint density at radius 1 is 1.00 bits per heavy atom. The molecule has 0 heterocycles. The van der Waals surface area contributed by atoms with Crippen LogP contribution in [0.5, 0.6) is 0 Å². The van der Waals surface area contributed by atoms with Gasteiger partial charge in [-0.2, -0.15) is 0 Å². The summed E-state index contributed by atoms with van der Waals surface area (Å²) in [6, 6.07) is 0. The van der Waals surface area contributed by atoms with Gasteiger partial charge in [0.25, 0.3) is 0 Å². The van der Waals surface area contributed by atoms with E-state index in [0.29, 0.717) is 0 Å². The van der Waals surface area contributed by atoms with Crippen molar-refractivity contribution in [1.29, 1.82) is 0 Å². The first-order valence-electron chi connectivity index (χ1n) is 1.39. The van der Waals surface area contributed by atoms with Crippen molar-refractivity contribution < 1.29 is 19.5 Å². The zero-order valence-electron chi connectivity index (χ0n) is 4.94. The Hall–Kier alpha value is 1.32. The van der Waals surface area contributed by atoms with Gasteiger partial charge in [-0.25, -0.2) is 0 Å². The summed E-state index contributed by atoms with van der Waals surface area (Å²) in [7, 11) is 0. The third kappa shape index (κ3) is 119. The molecule has 0 unspecified atom stereocenters. The smallest absolute Gasteiger partial charge is 0.357 e. The Morgan fingerprint density at radius 2 is 1.00 bits per heavy atom. The maximum atomic E-state index is 3.40.